The summed E-state index contributed by atoms with van der Waals surface area (Å²) in [6, 6.07) is 0.146. The van der Waals surface area contributed by atoms with Crippen molar-refractivity contribution in [2.24, 2.45) is 0 Å². The second-order valence-electron chi connectivity index (χ2n) is 3.69. The number of carbonyl (C=O) groups is 1. The molecule has 0 fully saturated rings. The van der Waals surface area contributed by atoms with Gasteiger partial charge in [0.25, 0.3) is 0 Å². The Morgan fingerprint density at radius 3 is 2.53 bits per heavy atom. The van der Waals surface area contributed by atoms with Gasteiger partial charge in [-0.15, -0.1) is 0 Å². The first-order chi connectivity index (χ1) is 7.01. The molecule has 0 saturated heterocycles. The quantitative estimate of drug-likeness (QED) is 0.609. The van der Waals surface area contributed by atoms with E-state index in [9.17, 15) is 9.90 Å². The smallest absolute Gasteiger partial charge is 0.317 e. The second kappa shape index (κ2) is 7.62. The first kappa shape index (κ1) is 14.3. The molecular formula is C10H21NO4. The molecule has 0 aliphatic carbocycles. The SMILES string of the molecule is CCC(C)N(CC(=O)O)CC(O)COC. The fourth-order valence-corrected chi connectivity index (χ4v) is 1.35. The van der Waals surface area contributed by atoms with Crippen molar-refractivity contribution in [3.8, 4) is 0 Å². The van der Waals surface area contributed by atoms with Crippen LogP contribution in [0.2, 0.25) is 0 Å². The Hall–Kier alpha value is -0.650. The van der Waals surface area contributed by atoms with E-state index in [2.05, 4.69) is 0 Å². The number of ether oxygens (including phenoxy) is 1. The van der Waals surface area contributed by atoms with Crippen LogP contribution in [0.25, 0.3) is 0 Å². The Morgan fingerprint density at radius 1 is 1.53 bits per heavy atom. The summed E-state index contributed by atoms with van der Waals surface area (Å²) in [7, 11) is 1.51. The predicted octanol–water partition coefficient (Wildman–Crippen LogP) is 0.179. The van der Waals surface area contributed by atoms with E-state index in [1.807, 2.05) is 13.8 Å². The number of carboxylic acids is 1. The van der Waals surface area contributed by atoms with Crippen molar-refractivity contribution < 1.29 is 19.7 Å². The first-order valence-electron chi connectivity index (χ1n) is 5.14. The molecule has 0 spiro atoms. The zero-order valence-corrected chi connectivity index (χ0v) is 9.64. The number of aliphatic hydroxyl groups excluding tert-OH is 1. The summed E-state index contributed by atoms with van der Waals surface area (Å²) in [4.78, 5) is 12.4. The maximum Gasteiger partial charge on any atom is 0.317 e. The second-order valence-corrected chi connectivity index (χ2v) is 3.69. The highest BCUT2D eigenvalue weighted by Gasteiger charge is 2.18. The number of nitrogens with zero attached hydrogens (tertiary/aromatic N) is 1. The Bertz CT molecular complexity index is 186. The number of aliphatic carboxylic acids is 1. The van der Waals surface area contributed by atoms with Crippen molar-refractivity contribution in [3.05, 3.63) is 0 Å². The van der Waals surface area contributed by atoms with Crippen molar-refractivity contribution >= 4 is 5.97 Å². The number of hydrogen-bond donors (Lipinski definition) is 2. The van der Waals surface area contributed by atoms with Gasteiger partial charge < -0.3 is 14.9 Å². The molecule has 2 atom stereocenters. The van der Waals surface area contributed by atoms with Crippen LogP contribution in [0.1, 0.15) is 20.3 Å². The van der Waals surface area contributed by atoms with E-state index in [1.165, 1.54) is 7.11 Å². The largest absolute Gasteiger partial charge is 0.480 e. The molecule has 0 aromatic rings. The Labute approximate surface area is 90.6 Å². The van der Waals surface area contributed by atoms with E-state index in [1.54, 1.807) is 4.90 Å². The van der Waals surface area contributed by atoms with Gasteiger partial charge in [-0.05, 0) is 13.3 Å². The van der Waals surface area contributed by atoms with E-state index < -0.39 is 12.1 Å². The lowest BCUT2D eigenvalue weighted by atomic mass is 10.2. The van der Waals surface area contributed by atoms with Crippen LogP contribution in [0.5, 0.6) is 0 Å². The summed E-state index contributed by atoms with van der Waals surface area (Å²) in [5.41, 5.74) is 0. The minimum atomic E-state index is -0.875. The van der Waals surface area contributed by atoms with Gasteiger partial charge in [0.15, 0.2) is 0 Å². The Kier molecular flexibility index (Phi) is 7.29. The molecular weight excluding hydrogens is 198 g/mol. The normalized spacial score (nSPS) is 15.3. The molecule has 2 unspecified atom stereocenters. The summed E-state index contributed by atoms with van der Waals surface area (Å²) >= 11 is 0. The van der Waals surface area contributed by atoms with E-state index in [-0.39, 0.29) is 19.2 Å². The van der Waals surface area contributed by atoms with Gasteiger partial charge in [-0.2, -0.15) is 0 Å². The van der Waals surface area contributed by atoms with Crippen LogP contribution >= 0.6 is 0 Å². The third-order valence-electron chi connectivity index (χ3n) is 2.36. The third-order valence-corrected chi connectivity index (χ3v) is 2.36. The van der Waals surface area contributed by atoms with Gasteiger partial charge in [0.05, 0.1) is 19.3 Å². The molecule has 0 aliphatic heterocycles. The maximum atomic E-state index is 10.6. The predicted molar refractivity (Wildman–Crippen MR) is 56.8 cm³/mol. The van der Waals surface area contributed by atoms with Crippen LogP contribution in [0.15, 0.2) is 0 Å². The van der Waals surface area contributed by atoms with E-state index in [0.29, 0.717) is 6.54 Å². The molecule has 5 heteroatoms. The zero-order valence-electron chi connectivity index (χ0n) is 9.64. The van der Waals surface area contributed by atoms with Crippen molar-refractivity contribution in [3.63, 3.8) is 0 Å². The minimum Gasteiger partial charge on any atom is -0.480 e. The van der Waals surface area contributed by atoms with E-state index in [4.69, 9.17) is 9.84 Å². The van der Waals surface area contributed by atoms with Gasteiger partial charge in [-0.25, -0.2) is 0 Å². The van der Waals surface area contributed by atoms with Gasteiger partial charge in [0.2, 0.25) is 0 Å². The van der Waals surface area contributed by atoms with E-state index >= 15 is 0 Å². The molecule has 2 N–H and O–H groups in total. The highest BCUT2D eigenvalue weighted by Crippen LogP contribution is 2.04. The average molecular weight is 219 g/mol. The molecule has 90 valence electrons. The number of methoxy groups -OCH3 is 1. The molecule has 0 radical (unpaired) electrons. The van der Waals surface area contributed by atoms with Crippen LogP contribution in [-0.2, 0) is 9.53 Å². The van der Waals surface area contributed by atoms with Crippen LogP contribution in [0, 0.1) is 0 Å². The summed E-state index contributed by atoms with van der Waals surface area (Å²) in [6.45, 7) is 4.45. The minimum absolute atomic E-state index is 0.0459. The van der Waals surface area contributed by atoms with Crippen molar-refractivity contribution in [1.82, 2.24) is 4.90 Å². The lowest BCUT2D eigenvalue weighted by Crippen LogP contribution is -2.43. The summed E-state index contributed by atoms with van der Waals surface area (Å²) in [5.74, 6) is -0.875. The molecule has 0 bridgehead atoms. The monoisotopic (exact) mass is 219 g/mol. The lowest BCUT2D eigenvalue weighted by molar-refractivity contribution is -0.139. The topological polar surface area (TPSA) is 70.0 Å². The van der Waals surface area contributed by atoms with Crippen molar-refractivity contribution in [1.29, 1.82) is 0 Å². The van der Waals surface area contributed by atoms with E-state index in [0.717, 1.165) is 6.42 Å². The van der Waals surface area contributed by atoms with Gasteiger partial charge in [0, 0.05) is 19.7 Å². The molecule has 0 aliphatic rings. The van der Waals surface area contributed by atoms with Crippen LogP contribution in [-0.4, -0.2) is 60.0 Å². The van der Waals surface area contributed by atoms with Crippen molar-refractivity contribution in [2.45, 2.75) is 32.4 Å². The number of hydrogen-bond acceptors (Lipinski definition) is 4. The van der Waals surface area contributed by atoms with Gasteiger partial charge in [0.1, 0.15) is 0 Å². The molecule has 0 heterocycles. The lowest BCUT2D eigenvalue weighted by Gasteiger charge is -2.28. The fourth-order valence-electron chi connectivity index (χ4n) is 1.35. The summed E-state index contributed by atoms with van der Waals surface area (Å²) < 4.78 is 4.80. The standard InChI is InChI=1S/C10H21NO4/c1-4-8(2)11(6-10(13)14)5-9(12)7-15-3/h8-9,12H,4-7H2,1-3H3,(H,13,14). The van der Waals surface area contributed by atoms with Crippen LogP contribution in [0.4, 0.5) is 0 Å². The number of carboxylic acid groups (broad SMARTS) is 1. The van der Waals surface area contributed by atoms with Crippen molar-refractivity contribution in [2.75, 3.05) is 26.8 Å². The van der Waals surface area contributed by atoms with Crippen LogP contribution < -0.4 is 0 Å². The highest BCUT2D eigenvalue weighted by molar-refractivity contribution is 5.69. The highest BCUT2D eigenvalue weighted by atomic mass is 16.5. The molecule has 0 saturated carbocycles. The first-order valence-corrected chi connectivity index (χ1v) is 5.14. The van der Waals surface area contributed by atoms with Crippen LogP contribution in [0.3, 0.4) is 0 Å². The molecule has 0 rings (SSSR count). The third kappa shape index (κ3) is 6.43. The summed E-state index contributed by atoms with van der Waals surface area (Å²) in [5, 5.41) is 18.2. The van der Waals surface area contributed by atoms with Gasteiger partial charge in [-0.1, -0.05) is 6.92 Å². The molecule has 15 heavy (non-hydrogen) atoms. The summed E-state index contributed by atoms with van der Waals surface area (Å²) in [6.07, 6.45) is 0.218. The molecule has 0 aromatic carbocycles. The molecule has 0 amide bonds. The number of aliphatic hydroxyl groups is 1. The Morgan fingerprint density at radius 2 is 2.13 bits per heavy atom. The average Bonchev–Trinajstić information content (AvgIpc) is 2.15. The van der Waals surface area contributed by atoms with Gasteiger partial charge >= 0.3 is 5.97 Å². The molecule has 5 nitrogen and oxygen atoms in total. The number of rotatable bonds is 8. The maximum absolute atomic E-state index is 10.6. The van der Waals surface area contributed by atoms with Gasteiger partial charge in [-0.3, -0.25) is 9.69 Å². The zero-order chi connectivity index (χ0) is 11.8. The Balaban J connectivity index is 4.17. The molecule has 0 aromatic heterocycles. The fraction of sp³-hybridized carbons (Fsp3) is 0.900.